The Hall–Kier alpha value is -1.45. The van der Waals surface area contributed by atoms with Gasteiger partial charge in [0.2, 0.25) is 0 Å². The van der Waals surface area contributed by atoms with Gasteiger partial charge < -0.3 is 4.74 Å². The summed E-state index contributed by atoms with van der Waals surface area (Å²) >= 11 is 0. The first-order chi connectivity index (χ1) is 6.58. The first kappa shape index (κ1) is 10.6. The van der Waals surface area contributed by atoms with Crippen molar-refractivity contribution in [2.45, 2.75) is 20.5 Å². The normalized spacial score (nSPS) is 11.9. The zero-order valence-electron chi connectivity index (χ0n) is 8.00. The summed E-state index contributed by atoms with van der Waals surface area (Å²) < 4.78 is 27.6. The number of ether oxygens (including phenoxy) is 1. The predicted octanol–water partition coefficient (Wildman–Crippen LogP) is 3.28. The van der Waals surface area contributed by atoms with E-state index in [2.05, 4.69) is 9.73 Å². The van der Waals surface area contributed by atoms with Crippen LogP contribution in [0.15, 0.2) is 29.3 Å². The SMILES string of the molecule is CC(=Nc1ccc(C)cc1)OC(F)F. The number of nitrogens with zero attached hydrogens (tertiary/aromatic N) is 1. The van der Waals surface area contributed by atoms with Crippen LogP contribution in [0, 0.1) is 6.92 Å². The molecule has 0 spiro atoms. The second-order valence-corrected chi connectivity index (χ2v) is 2.84. The summed E-state index contributed by atoms with van der Waals surface area (Å²) in [4.78, 5) is 3.85. The van der Waals surface area contributed by atoms with Crippen molar-refractivity contribution >= 4 is 11.6 Å². The first-order valence-electron chi connectivity index (χ1n) is 4.14. The van der Waals surface area contributed by atoms with E-state index in [0.29, 0.717) is 5.69 Å². The minimum absolute atomic E-state index is 0.0381. The highest BCUT2D eigenvalue weighted by Crippen LogP contribution is 2.13. The molecule has 0 heterocycles. The Labute approximate surface area is 81.2 Å². The van der Waals surface area contributed by atoms with Crippen LogP contribution in [0.25, 0.3) is 0 Å². The Morgan fingerprint density at radius 2 is 1.86 bits per heavy atom. The summed E-state index contributed by atoms with van der Waals surface area (Å²) in [5.74, 6) is -0.0381. The Kier molecular flexibility index (Phi) is 3.56. The maximum absolute atomic E-state index is 11.7. The summed E-state index contributed by atoms with van der Waals surface area (Å²) in [6, 6.07) is 7.20. The molecule has 0 radical (unpaired) electrons. The molecular weight excluding hydrogens is 188 g/mol. The number of aliphatic imine (C=N–C) groups is 1. The fourth-order valence-corrected chi connectivity index (χ4v) is 0.956. The first-order valence-corrected chi connectivity index (χ1v) is 4.14. The highest BCUT2D eigenvalue weighted by molar-refractivity contribution is 5.76. The van der Waals surface area contributed by atoms with E-state index in [-0.39, 0.29) is 5.90 Å². The Morgan fingerprint density at radius 1 is 1.29 bits per heavy atom. The zero-order chi connectivity index (χ0) is 10.6. The summed E-state index contributed by atoms with van der Waals surface area (Å²) in [5.41, 5.74) is 1.70. The van der Waals surface area contributed by atoms with Crippen molar-refractivity contribution in [1.82, 2.24) is 0 Å². The van der Waals surface area contributed by atoms with Gasteiger partial charge in [-0.1, -0.05) is 17.7 Å². The van der Waals surface area contributed by atoms with Crippen LogP contribution in [0.5, 0.6) is 0 Å². The average Bonchev–Trinajstić information content (AvgIpc) is 2.07. The van der Waals surface area contributed by atoms with Crippen LogP contribution < -0.4 is 0 Å². The monoisotopic (exact) mass is 199 g/mol. The summed E-state index contributed by atoms with van der Waals surface area (Å²) in [6.07, 6.45) is 0. The molecule has 0 saturated heterocycles. The molecule has 1 aromatic rings. The smallest absolute Gasteiger partial charge is 0.388 e. The summed E-state index contributed by atoms with van der Waals surface area (Å²) in [6.45, 7) is 0.520. The molecule has 0 aliphatic rings. The lowest BCUT2D eigenvalue weighted by Crippen LogP contribution is -2.04. The van der Waals surface area contributed by atoms with E-state index in [0.717, 1.165) is 5.56 Å². The summed E-state index contributed by atoms with van der Waals surface area (Å²) in [7, 11) is 0. The molecule has 0 N–H and O–H groups in total. The summed E-state index contributed by atoms with van der Waals surface area (Å²) in [5, 5.41) is 0. The molecule has 0 fully saturated rings. The quantitative estimate of drug-likeness (QED) is 0.529. The molecule has 0 aliphatic heterocycles. The number of hydrogen-bond acceptors (Lipinski definition) is 2. The lowest BCUT2D eigenvalue weighted by Gasteiger charge is -2.02. The van der Waals surface area contributed by atoms with Crippen LogP contribution in [0.2, 0.25) is 0 Å². The van der Waals surface area contributed by atoms with Gasteiger partial charge in [-0.25, -0.2) is 4.99 Å². The van der Waals surface area contributed by atoms with Gasteiger partial charge in [0, 0.05) is 6.92 Å². The van der Waals surface area contributed by atoms with Crippen molar-refractivity contribution in [2.75, 3.05) is 0 Å². The number of benzene rings is 1. The molecule has 0 bridgehead atoms. The number of alkyl halides is 2. The maximum Gasteiger partial charge on any atom is 0.388 e. The van der Waals surface area contributed by atoms with Crippen LogP contribution in [0.4, 0.5) is 14.5 Å². The fraction of sp³-hybridized carbons (Fsp3) is 0.300. The lowest BCUT2D eigenvalue weighted by molar-refractivity contribution is -0.0607. The van der Waals surface area contributed by atoms with Gasteiger partial charge in [0.05, 0.1) is 5.69 Å². The van der Waals surface area contributed by atoms with Crippen molar-refractivity contribution in [3.63, 3.8) is 0 Å². The van der Waals surface area contributed by atoms with Crippen molar-refractivity contribution in [2.24, 2.45) is 4.99 Å². The molecule has 1 rings (SSSR count). The molecule has 0 aromatic heterocycles. The standard InChI is InChI=1S/C10H11F2NO/c1-7-3-5-9(6-4-7)13-8(2)14-10(11)12/h3-6,10H,1-2H3. The topological polar surface area (TPSA) is 21.6 Å². The molecule has 0 amide bonds. The molecule has 14 heavy (non-hydrogen) atoms. The van der Waals surface area contributed by atoms with Crippen LogP contribution in [-0.4, -0.2) is 12.5 Å². The maximum atomic E-state index is 11.7. The van der Waals surface area contributed by atoms with Gasteiger partial charge in [0.15, 0.2) is 5.90 Å². The minimum Gasteiger partial charge on any atom is -0.421 e. The van der Waals surface area contributed by atoms with E-state index in [1.807, 2.05) is 19.1 Å². The fourth-order valence-electron chi connectivity index (χ4n) is 0.956. The third-order valence-corrected chi connectivity index (χ3v) is 1.58. The second-order valence-electron chi connectivity index (χ2n) is 2.84. The number of rotatable bonds is 2. The van der Waals surface area contributed by atoms with E-state index in [1.165, 1.54) is 6.92 Å². The largest absolute Gasteiger partial charge is 0.421 e. The van der Waals surface area contributed by atoms with Crippen LogP contribution in [0.3, 0.4) is 0 Å². The molecule has 0 saturated carbocycles. The number of aryl methyl sites for hydroxylation is 1. The van der Waals surface area contributed by atoms with Gasteiger partial charge in [0.1, 0.15) is 0 Å². The highest BCUT2D eigenvalue weighted by Gasteiger charge is 2.03. The highest BCUT2D eigenvalue weighted by atomic mass is 19.3. The average molecular weight is 199 g/mol. The van der Waals surface area contributed by atoms with Crippen LogP contribution in [0.1, 0.15) is 12.5 Å². The van der Waals surface area contributed by atoms with Gasteiger partial charge in [-0.2, -0.15) is 8.78 Å². The van der Waals surface area contributed by atoms with E-state index in [1.54, 1.807) is 12.1 Å². The molecule has 0 unspecified atom stereocenters. The minimum atomic E-state index is -2.82. The molecule has 2 nitrogen and oxygen atoms in total. The Balaban J connectivity index is 2.71. The van der Waals surface area contributed by atoms with Gasteiger partial charge in [-0.3, -0.25) is 0 Å². The van der Waals surface area contributed by atoms with E-state index >= 15 is 0 Å². The zero-order valence-corrected chi connectivity index (χ0v) is 8.00. The van der Waals surface area contributed by atoms with Gasteiger partial charge >= 0.3 is 6.61 Å². The van der Waals surface area contributed by atoms with Crippen LogP contribution >= 0.6 is 0 Å². The van der Waals surface area contributed by atoms with Crippen molar-refractivity contribution in [1.29, 1.82) is 0 Å². The van der Waals surface area contributed by atoms with Gasteiger partial charge in [0.25, 0.3) is 0 Å². The van der Waals surface area contributed by atoms with Gasteiger partial charge in [-0.15, -0.1) is 0 Å². The predicted molar refractivity (Wildman–Crippen MR) is 51.0 cm³/mol. The molecule has 0 aliphatic carbocycles. The third-order valence-electron chi connectivity index (χ3n) is 1.58. The van der Waals surface area contributed by atoms with Gasteiger partial charge in [-0.05, 0) is 19.1 Å². The van der Waals surface area contributed by atoms with Crippen molar-refractivity contribution < 1.29 is 13.5 Å². The second kappa shape index (κ2) is 4.69. The molecule has 76 valence electrons. The Morgan fingerprint density at radius 3 is 2.36 bits per heavy atom. The molecular formula is C10H11F2NO. The van der Waals surface area contributed by atoms with Crippen LogP contribution in [-0.2, 0) is 4.74 Å². The van der Waals surface area contributed by atoms with E-state index in [9.17, 15) is 8.78 Å². The van der Waals surface area contributed by atoms with Crippen molar-refractivity contribution in [3.8, 4) is 0 Å². The van der Waals surface area contributed by atoms with E-state index in [4.69, 9.17) is 0 Å². The molecule has 4 heteroatoms. The van der Waals surface area contributed by atoms with E-state index < -0.39 is 6.61 Å². The van der Waals surface area contributed by atoms with Crippen molar-refractivity contribution in [3.05, 3.63) is 29.8 Å². The molecule has 0 atom stereocenters. The number of halogens is 2. The Bertz CT molecular complexity index is 319. The lowest BCUT2D eigenvalue weighted by atomic mass is 10.2. The third kappa shape index (κ3) is 3.51. The molecule has 1 aromatic carbocycles. The number of hydrogen-bond donors (Lipinski definition) is 0.